The zero-order valence-corrected chi connectivity index (χ0v) is 11.1. The molecule has 1 heterocycles. The van der Waals surface area contributed by atoms with E-state index in [-0.39, 0.29) is 5.82 Å². The van der Waals surface area contributed by atoms with Gasteiger partial charge in [0.15, 0.2) is 5.82 Å². The van der Waals surface area contributed by atoms with Gasteiger partial charge in [0.2, 0.25) is 5.13 Å². The quantitative estimate of drug-likeness (QED) is 0.846. The lowest BCUT2D eigenvalue weighted by Gasteiger charge is -2.00. The van der Waals surface area contributed by atoms with Gasteiger partial charge in [-0.2, -0.15) is 9.36 Å². The van der Waals surface area contributed by atoms with Crippen molar-refractivity contribution in [2.45, 2.75) is 6.92 Å². The van der Waals surface area contributed by atoms with E-state index in [2.05, 4.69) is 14.7 Å². The summed E-state index contributed by atoms with van der Waals surface area (Å²) in [6.45, 7) is 3.03. The number of hydrogen-bond donors (Lipinski definition) is 1. The third-order valence-electron chi connectivity index (χ3n) is 2.42. The predicted octanol–water partition coefficient (Wildman–Crippen LogP) is 2.71. The second-order valence-corrected chi connectivity index (χ2v) is 4.56. The molecule has 18 heavy (non-hydrogen) atoms. The van der Waals surface area contributed by atoms with Gasteiger partial charge in [-0.15, -0.1) is 0 Å². The van der Waals surface area contributed by atoms with Gasteiger partial charge in [0.25, 0.3) is 0 Å². The van der Waals surface area contributed by atoms with Gasteiger partial charge in [0, 0.05) is 30.8 Å². The molecule has 96 valence electrons. The Labute approximate surface area is 109 Å². The molecule has 0 atom stereocenters. The van der Waals surface area contributed by atoms with Crippen LogP contribution in [0.3, 0.4) is 0 Å². The Morgan fingerprint density at radius 3 is 3.00 bits per heavy atom. The Morgan fingerprint density at radius 1 is 1.44 bits per heavy atom. The minimum Gasteiger partial charge on any atom is -0.383 e. The third kappa shape index (κ3) is 3.02. The highest BCUT2D eigenvalue weighted by Gasteiger charge is 2.07. The fraction of sp³-hybridized carbons (Fsp3) is 0.333. The fourth-order valence-corrected chi connectivity index (χ4v) is 2.07. The fourth-order valence-electron chi connectivity index (χ4n) is 1.46. The van der Waals surface area contributed by atoms with Crippen LogP contribution in [0, 0.1) is 12.7 Å². The van der Waals surface area contributed by atoms with Crippen LogP contribution >= 0.6 is 11.5 Å². The van der Waals surface area contributed by atoms with Gasteiger partial charge in [0.05, 0.1) is 6.61 Å². The van der Waals surface area contributed by atoms with Gasteiger partial charge >= 0.3 is 0 Å². The molecule has 0 saturated carbocycles. The average Bonchev–Trinajstić information content (AvgIpc) is 2.82. The molecular formula is C12H14FN3OS. The largest absolute Gasteiger partial charge is 0.383 e. The molecule has 0 saturated heterocycles. The maximum atomic E-state index is 13.2. The van der Waals surface area contributed by atoms with Crippen molar-refractivity contribution in [2.24, 2.45) is 0 Å². The van der Waals surface area contributed by atoms with Crippen molar-refractivity contribution in [1.82, 2.24) is 9.36 Å². The predicted molar refractivity (Wildman–Crippen MR) is 70.4 cm³/mol. The second kappa shape index (κ2) is 5.88. The first-order valence-electron chi connectivity index (χ1n) is 5.54. The molecular weight excluding hydrogens is 253 g/mol. The van der Waals surface area contributed by atoms with E-state index < -0.39 is 0 Å². The maximum Gasteiger partial charge on any atom is 0.202 e. The van der Waals surface area contributed by atoms with E-state index in [0.29, 0.717) is 24.5 Å². The molecule has 0 spiro atoms. The van der Waals surface area contributed by atoms with Crippen LogP contribution in [0.4, 0.5) is 9.52 Å². The van der Waals surface area contributed by atoms with Gasteiger partial charge in [-0.1, -0.05) is 0 Å². The molecule has 1 N–H and O–H groups in total. The molecule has 2 aromatic rings. The van der Waals surface area contributed by atoms with Crippen molar-refractivity contribution in [1.29, 1.82) is 0 Å². The Kier molecular flexibility index (Phi) is 4.22. The number of benzene rings is 1. The van der Waals surface area contributed by atoms with Crippen LogP contribution in [0.25, 0.3) is 11.4 Å². The van der Waals surface area contributed by atoms with Crippen molar-refractivity contribution in [3.8, 4) is 11.4 Å². The molecule has 2 rings (SSSR count). The molecule has 0 aliphatic carbocycles. The first-order valence-corrected chi connectivity index (χ1v) is 6.31. The van der Waals surface area contributed by atoms with E-state index in [9.17, 15) is 4.39 Å². The van der Waals surface area contributed by atoms with E-state index in [0.717, 1.165) is 10.7 Å². The molecule has 0 radical (unpaired) electrons. The van der Waals surface area contributed by atoms with Crippen molar-refractivity contribution >= 4 is 16.7 Å². The lowest BCUT2D eigenvalue weighted by molar-refractivity contribution is 0.211. The molecule has 1 aromatic carbocycles. The number of anilines is 1. The highest BCUT2D eigenvalue weighted by atomic mass is 32.1. The smallest absolute Gasteiger partial charge is 0.202 e. The maximum absolute atomic E-state index is 13.2. The number of methoxy groups -OCH3 is 1. The molecule has 0 aliphatic rings. The monoisotopic (exact) mass is 267 g/mol. The minimum atomic E-state index is -0.215. The van der Waals surface area contributed by atoms with Crippen molar-refractivity contribution in [3.63, 3.8) is 0 Å². The van der Waals surface area contributed by atoms with Crippen molar-refractivity contribution in [2.75, 3.05) is 25.6 Å². The molecule has 6 heteroatoms. The van der Waals surface area contributed by atoms with Crippen molar-refractivity contribution in [3.05, 3.63) is 29.6 Å². The molecule has 0 bridgehead atoms. The summed E-state index contributed by atoms with van der Waals surface area (Å²) in [5.74, 6) is 0.399. The van der Waals surface area contributed by atoms with Crippen LogP contribution in [-0.4, -0.2) is 29.6 Å². The number of halogens is 1. The summed E-state index contributed by atoms with van der Waals surface area (Å²) in [6.07, 6.45) is 0. The number of nitrogens with one attached hydrogen (secondary N) is 1. The number of hydrogen-bond acceptors (Lipinski definition) is 5. The SMILES string of the molecule is COCCNc1nc(-c2ccc(F)c(C)c2)ns1. The summed E-state index contributed by atoms with van der Waals surface area (Å²) >= 11 is 1.28. The Hall–Kier alpha value is -1.53. The van der Waals surface area contributed by atoms with Gasteiger partial charge in [0.1, 0.15) is 5.82 Å². The summed E-state index contributed by atoms with van der Waals surface area (Å²) in [6, 6.07) is 4.86. The molecule has 0 fully saturated rings. The number of aromatic nitrogens is 2. The summed E-state index contributed by atoms with van der Waals surface area (Å²) in [5, 5.41) is 3.85. The second-order valence-electron chi connectivity index (χ2n) is 3.81. The van der Waals surface area contributed by atoms with Crippen LogP contribution in [0.5, 0.6) is 0 Å². The molecule has 4 nitrogen and oxygen atoms in total. The summed E-state index contributed by atoms with van der Waals surface area (Å²) in [5.41, 5.74) is 1.42. The topological polar surface area (TPSA) is 47.0 Å². The lowest BCUT2D eigenvalue weighted by Crippen LogP contribution is -2.07. The van der Waals surface area contributed by atoms with Crippen molar-refractivity contribution < 1.29 is 9.13 Å². The molecule has 0 amide bonds. The molecule has 0 aliphatic heterocycles. The van der Waals surface area contributed by atoms with Gasteiger partial charge in [-0.25, -0.2) is 4.39 Å². The zero-order chi connectivity index (χ0) is 13.0. The van der Waals surface area contributed by atoms with E-state index >= 15 is 0 Å². The standard InChI is InChI=1S/C12H14FN3OS/c1-8-7-9(3-4-10(8)13)11-15-12(18-16-11)14-5-6-17-2/h3-4,7H,5-6H2,1-2H3,(H,14,15,16). The highest BCUT2D eigenvalue weighted by Crippen LogP contribution is 2.22. The summed E-state index contributed by atoms with van der Waals surface area (Å²) in [7, 11) is 1.65. The lowest BCUT2D eigenvalue weighted by atomic mass is 10.1. The normalized spacial score (nSPS) is 10.6. The summed E-state index contributed by atoms with van der Waals surface area (Å²) in [4.78, 5) is 4.34. The Bertz CT molecular complexity index is 530. The number of rotatable bonds is 5. The van der Waals surface area contributed by atoms with E-state index in [1.54, 1.807) is 26.2 Å². The van der Waals surface area contributed by atoms with Crippen LogP contribution in [0.2, 0.25) is 0 Å². The zero-order valence-electron chi connectivity index (χ0n) is 10.2. The van der Waals surface area contributed by atoms with E-state index in [4.69, 9.17) is 4.74 Å². The van der Waals surface area contributed by atoms with E-state index in [1.165, 1.54) is 17.6 Å². The van der Waals surface area contributed by atoms with Crippen LogP contribution in [0.1, 0.15) is 5.56 Å². The van der Waals surface area contributed by atoms with Gasteiger partial charge in [-0.05, 0) is 30.7 Å². The summed E-state index contributed by atoms with van der Waals surface area (Å²) < 4.78 is 22.3. The first-order chi connectivity index (χ1) is 8.70. The Morgan fingerprint density at radius 2 is 2.28 bits per heavy atom. The van der Waals surface area contributed by atoms with Crippen LogP contribution < -0.4 is 5.32 Å². The minimum absolute atomic E-state index is 0.215. The van der Waals surface area contributed by atoms with Crippen LogP contribution in [0.15, 0.2) is 18.2 Å². The average molecular weight is 267 g/mol. The number of nitrogens with zero attached hydrogens (tertiary/aromatic N) is 2. The highest BCUT2D eigenvalue weighted by molar-refractivity contribution is 7.09. The molecule has 0 unspecified atom stereocenters. The Balaban J connectivity index is 2.11. The number of aryl methyl sites for hydroxylation is 1. The number of ether oxygens (including phenoxy) is 1. The third-order valence-corrected chi connectivity index (χ3v) is 3.10. The molecule has 1 aromatic heterocycles. The van der Waals surface area contributed by atoms with Gasteiger partial charge in [-0.3, -0.25) is 0 Å². The van der Waals surface area contributed by atoms with Gasteiger partial charge < -0.3 is 10.1 Å². The van der Waals surface area contributed by atoms with Crippen LogP contribution in [-0.2, 0) is 4.74 Å². The first kappa shape index (κ1) is 12.9. The van der Waals surface area contributed by atoms with E-state index in [1.807, 2.05) is 0 Å².